The number of hydrogen-bond donors (Lipinski definition) is 3. The van der Waals surface area contributed by atoms with Gasteiger partial charge in [0.15, 0.2) is 5.96 Å². The van der Waals surface area contributed by atoms with Crippen LogP contribution in [0.1, 0.15) is 12.5 Å². The van der Waals surface area contributed by atoms with E-state index in [-0.39, 0.29) is 18.4 Å². The van der Waals surface area contributed by atoms with Crippen LogP contribution in [0.15, 0.2) is 53.5 Å². The Bertz CT molecular complexity index is 715. The van der Waals surface area contributed by atoms with Crippen molar-refractivity contribution in [2.45, 2.75) is 13.3 Å². The average Bonchev–Trinajstić information content (AvgIpc) is 2.53. The second-order valence-electron chi connectivity index (χ2n) is 4.94. The van der Waals surface area contributed by atoms with Crippen LogP contribution in [0.25, 0.3) is 0 Å². The molecule has 0 radical (unpaired) electrons. The number of rotatable bonds is 5. The number of guanidine groups is 1. The first-order valence-electron chi connectivity index (χ1n) is 7.28. The van der Waals surface area contributed by atoms with Gasteiger partial charge in [0.05, 0.1) is 0 Å². The highest BCUT2D eigenvalue weighted by Crippen LogP contribution is 2.11. The summed E-state index contributed by atoms with van der Waals surface area (Å²) < 4.78 is 13.0. The van der Waals surface area contributed by atoms with Gasteiger partial charge in [-0.2, -0.15) is 0 Å². The maximum absolute atomic E-state index is 13.0. The number of anilines is 2. The summed E-state index contributed by atoms with van der Waals surface area (Å²) >= 11 is 0. The quantitative estimate of drug-likeness (QED) is 0.586. The molecule has 0 aromatic heterocycles. The van der Waals surface area contributed by atoms with Gasteiger partial charge in [-0.05, 0) is 42.3 Å². The molecule has 0 aliphatic heterocycles. The number of benzene rings is 2. The van der Waals surface area contributed by atoms with E-state index in [1.165, 1.54) is 23.8 Å². The van der Waals surface area contributed by atoms with Crippen LogP contribution in [-0.4, -0.2) is 18.4 Å². The minimum Gasteiger partial charge on any atom is -0.370 e. The molecule has 0 atom stereocenters. The first-order valence-corrected chi connectivity index (χ1v) is 7.28. The molecule has 0 aliphatic carbocycles. The van der Waals surface area contributed by atoms with Crippen LogP contribution in [0.2, 0.25) is 0 Å². The molecule has 6 heteroatoms. The summed E-state index contributed by atoms with van der Waals surface area (Å²) in [4.78, 5) is 15.7. The predicted molar refractivity (Wildman–Crippen MR) is 91.0 cm³/mol. The summed E-state index contributed by atoms with van der Waals surface area (Å²) in [5.74, 6) is -0.640. The third kappa shape index (κ3) is 5.43. The normalized spacial score (nSPS) is 11.1. The Kier molecular flexibility index (Phi) is 5.68. The molecule has 0 saturated carbocycles. The van der Waals surface area contributed by atoms with E-state index in [1.54, 1.807) is 6.07 Å². The molecule has 2 aromatic carbocycles. The van der Waals surface area contributed by atoms with E-state index >= 15 is 0 Å². The van der Waals surface area contributed by atoms with E-state index in [9.17, 15) is 9.18 Å². The second kappa shape index (κ2) is 7.93. The molecular weight excluding hydrogens is 295 g/mol. The SMILES string of the molecule is CCc1cccc(NC(N)=NCC(=O)Nc2cccc(F)c2)c1. The summed E-state index contributed by atoms with van der Waals surface area (Å²) in [5.41, 5.74) is 8.13. The summed E-state index contributed by atoms with van der Waals surface area (Å²) in [7, 11) is 0. The molecule has 2 rings (SSSR count). The number of nitrogens with one attached hydrogen (secondary N) is 2. The van der Waals surface area contributed by atoms with Gasteiger partial charge in [-0.3, -0.25) is 4.79 Å². The smallest absolute Gasteiger partial charge is 0.246 e. The Hall–Kier alpha value is -2.89. The fraction of sp³-hybridized carbons (Fsp3) is 0.176. The van der Waals surface area contributed by atoms with Crippen LogP contribution in [0, 0.1) is 5.82 Å². The van der Waals surface area contributed by atoms with Crippen molar-refractivity contribution in [2.75, 3.05) is 17.2 Å². The summed E-state index contributed by atoms with van der Waals surface area (Å²) in [6.07, 6.45) is 0.919. The molecule has 0 unspecified atom stereocenters. The van der Waals surface area contributed by atoms with Crippen molar-refractivity contribution in [1.29, 1.82) is 0 Å². The van der Waals surface area contributed by atoms with Gasteiger partial charge in [-0.25, -0.2) is 9.38 Å². The molecular formula is C17H19FN4O. The first kappa shape index (κ1) is 16.5. The van der Waals surface area contributed by atoms with Crippen LogP contribution in [0.5, 0.6) is 0 Å². The number of hydrogen-bond acceptors (Lipinski definition) is 2. The van der Waals surface area contributed by atoms with E-state index in [0.29, 0.717) is 5.69 Å². The number of carbonyl (C=O) groups excluding carboxylic acids is 1. The Morgan fingerprint density at radius 1 is 1.13 bits per heavy atom. The molecule has 120 valence electrons. The maximum atomic E-state index is 13.0. The summed E-state index contributed by atoms with van der Waals surface area (Å²) in [5, 5.41) is 5.48. The van der Waals surface area contributed by atoms with Crippen molar-refractivity contribution >= 4 is 23.2 Å². The molecule has 1 amide bonds. The van der Waals surface area contributed by atoms with Crippen LogP contribution < -0.4 is 16.4 Å². The fourth-order valence-electron chi connectivity index (χ4n) is 1.98. The lowest BCUT2D eigenvalue weighted by molar-refractivity contribution is -0.114. The Morgan fingerprint density at radius 2 is 1.83 bits per heavy atom. The molecule has 5 nitrogen and oxygen atoms in total. The molecule has 0 spiro atoms. The molecule has 4 N–H and O–H groups in total. The van der Waals surface area contributed by atoms with Crippen molar-refractivity contribution < 1.29 is 9.18 Å². The number of amides is 1. The van der Waals surface area contributed by atoms with Crippen molar-refractivity contribution in [2.24, 2.45) is 10.7 Å². The topological polar surface area (TPSA) is 79.5 Å². The fourth-order valence-corrected chi connectivity index (χ4v) is 1.98. The predicted octanol–water partition coefficient (Wildman–Crippen LogP) is 2.75. The average molecular weight is 314 g/mol. The zero-order valence-corrected chi connectivity index (χ0v) is 12.8. The van der Waals surface area contributed by atoms with Crippen molar-refractivity contribution in [1.82, 2.24) is 0 Å². The Morgan fingerprint density at radius 3 is 2.52 bits per heavy atom. The van der Waals surface area contributed by atoms with Crippen molar-refractivity contribution in [3.63, 3.8) is 0 Å². The van der Waals surface area contributed by atoms with Gasteiger partial charge < -0.3 is 16.4 Å². The summed E-state index contributed by atoms with van der Waals surface area (Å²) in [6.45, 7) is 1.91. The monoisotopic (exact) mass is 314 g/mol. The largest absolute Gasteiger partial charge is 0.370 e. The number of aliphatic imine (C=N–C) groups is 1. The minimum atomic E-state index is -0.414. The van der Waals surface area contributed by atoms with E-state index in [2.05, 4.69) is 22.5 Å². The van der Waals surface area contributed by atoms with Gasteiger partial charge in [-0.15, -0.1) is 0 Å². The van der Waals surface area contributed by atoms with Gasteiger partial charge in [0.1, 0.15) is 12.4 Å². The Labute approximate surface area is 134 Å². The highest BCUT2D eigenvalue weighted by Gasteiger charge is 2.03. The van der Waals surface area contributed by atoms with E-state index < -0.39 is 5.82 Å². The van der Waals surface area contributed by atoms with Crippen molar-refractivity contribution in [3.05, 3.63) is 59.9 Å². The molecule has 0 fully saturated rings. The highest BCUT2D eigenvalue weighted by molar-refractivity contribution is 5.97. The van der Waals surface area contributed by atoms with Gasteiger partial charge >= 0.3 is 0 Å². The third-order valence-corrected chi connectivity index (χ3v) is 3.11. The van der Waals surface area contributed by atoms with Gasteiger partial charge in [0.2, 0.25) is 5.91 Å². The third-order valence-electron chi connectivity index (χ3n) is 3.11. The maximum Gasteiger partial charge on any atom is 0.246 e. The highest BCUT2D eigenvalue weighted by atomic mass is 19.1. The Balaban J connectivity index is 1.89. The standard InChI is InChI=1S/C17H19FN4O/c1-2-12-5-3-7-14(9-12)22-17(19)20-11-16(23)21-15-8-4-6-13(18)10-15/h3-10H,2,11H2,1H3,(H,21,23)(H3,19,20,22). The van der Waals surface area contributed by atoms with E-state index in [0.717, 1.165) is 12.1 Å². The van der Waals surface area contributed by atoms with Gasteiger partial charge in [0, 0.05) is 11.4 Å². The number of nitrogens with zero attached hydrogens (tertiary/aromatic N) is 1. The number of aryl methyl sites for hydroxylation is 1. The van der Waals surface area contributed by atoms with Crippen LogP contribution in [0.4, 0.5) is 15.8 Å². The lowest BCUT2D eigenvalue weighted by Crippen LogP contribution is -2.25. The summed E-state index contributed by atoms with van der Waals surface area (Å²) in [6, 6.07) is 13.4. The van der Waals surface area contributed by atoms with Gasteiger partial charge in [-0.1, -0.05) is 25.1 Å². The molecule has 0 aliphatic rings. The van der Waals surface area contributed by atoms with E-state index in [1.807, 2.05) is 24.3 Å². The van der Waals surface area contributed by atoms with E-state index in [4.69, 9.17) is 5.73 Å². The number of halogens is 1. The number of nitrogens with two attached hydrogens (primary N) is 1. The molecule has 0 heterocycles. The molecule has 2 aromatic rings. The van der Waals surface area contributed by atoms with Crippen LogP contribution in [0.3, 0.4) is 0 Å². The lowest BCUT2D eigenvalue weighted by atomic mass is 10.1. The van der Waals surface area contributed by atoms with Crippen molar-refractivity contribution in [3.8, 4) is 0 Å². The first-order chi connectivity index (χ1) is 11.1. The van der Waals surface area contributed by atoms with Crippen LogP contribution in [-0.2, 0) is 11.2 Å². The molecule has 0 saturated heterocycles. The van der Waals surface area contributed by atoms with Gasteiger partial charge in [0.25, 0.3) is 0 Å². The minimum absolute atomic E-state index is 0.146. The molecule has 0 bridgehead atoms. The zero-order valence-electron chi connectivity index (χ0n) is 12.8. The number of carbonyl (C=O) groups is 1. The molecule has 23 heavy (non-hydrogen) atoms. The van der Waals surface area contributed by atoms with Crippen LogP contribution >= 0.6 is 0 Å². The zero-order chi connectivity index (χ0) is 16.7. The lowest BCUT2D eigenvalue weighted by Gasteiger charge is -2.07. The second-order valence-corrected chi connectivity index (χ2v) is 4.94.